The fourth-order valence-corrected chi connectivity index (χ4v) is 3.28. The van der Waals surface area contributed by atoms with Gasteiger partial charge in [-0.15, -0.1) is 0 Å². The third-order valence-electron chi connectivity index (χ3n) is 4.88. The molecule has 3 heteroatoms. The van der Waals surface area contributed by atoms with Gasteiger partial charge in [-0.2, -0.15) is 5.10 Å². The van der Waals surface area contributed by atoms with Crippen molar-refractivity contribution in [3.8, 4) is 11.8 Å². The lowest BCUT2D eigenvalue weighted by Gasteiger charge is -2.12. The van der Waals surface area contributed by atoms with E-state index in [-0.39, 0.29) is 0 Å². The minimum absolute atomic E-state index is 0.919. The second kappa shape index (κ2) is 8.02. The van der Waals surface area contributed by atoms with E-state index >= 15 is 0 Å². The molecule has 1 aliphatic heterocycles. The maximum Gasteiger partial charge on any atom is 0.0626 e. The Labute approximate surface area is 166 Å². The highest BCUT2D eigenvalue weighted by atomic mass is 15.5. The highest BCUT2D eigenvalue weighted by Gasteiger charge is 2.16. The van der Waals surface area contributed by atoms with Crippen molar-refractivity contribution in [1.82, 2.24) is 0 Å². The van der Waals surface area contributed by atoms with E-state index < -0.39 is 0 Å². The second-order valence-electron chi connectivity index (χ2n) is 7.02. The summed E-state index contributed by atoms with van der Waals surface area (Å²) in [7, 11) is 4.07. The monoisotopic (exact) mass is 365 g/mol. The second-order valence-corrected chi connectivity index (χ2v) is 7.02. The highest BCUT2D eigenvalue weighted by molar-refractivity contribution is 5.84. The first-order chi connectivity index (χ1) is 13.7. The van der Waals surface area contributed by atoms with Gasteiger partial charge in [0.25, 0.3) is 0 Å². The predicted octanol–water partition coefficient (Wildman–Crippen LogP) is 4.55. The minimum atomic E-state index is 0.919. The number of nitrogens with zero attached hydrogens (tertiary/aromatic N) is 3. The van der Waals surface area contributed by atoms with Crippen LogP contribution in [0.3, 0.4) is 0 Å². The number of fused-ring (bicyclic) bond motifs is 1. The predicted molar refractivity (Wildman–Crippen MR) is 118 cm³/mol. The lowest BCUT2D eigenvalue weighted by atomic mass is 10.1. The first kappa shape index (κ1) is 17.9. The molecule has 0 aromatic heterocycles. The number of anilines is 2. The van der Waals surface area contributed by atoms with E-state index in [1.165, 1.54) is 16.9 Å². The zero-order chi connectivity index (χ0) is 19.3. The summed E-state index contributed by atoms with van der Waals surface area (Å²) in [6.45, 7) is 0.919. The number of benzene rings is 3. The van der Waals surface area contributed by atoms with Crippen molar-refractivity contribution in [2.75, 3.05) is 30.5 Å². The normalized spacial score (nSPS) is 12.6. The van der Waals surface area contributed by atoms with Crippen molar-refractivity contribution in [3.63, 3.8) is 0 Å². The van der Waals surface area contributed by atoms with Gasteiger partial charge in [-0.1, -0.05) is 48.2 Å². The van der Waals surface area contributed by atoms with Crippen LogP contribution < -0.4 is 9.91 Å². The first-order valence-corrected chi connectivity index (χ1v) is 9.48. The van der Waals surface area contributed by atoms with Gasteiger partial charge >= 0.3 is 0 Å². The molecule has 1 aliphatic rings. The quantitative estimate of drug-likeness (QED) is 0.501. The molecular formula is C25H23N3. The molecule has 0 saturated heterocycles. The highest BCUT2D eigenvalue weighted by Crippen LogP contribution is 2.27. The van der Waals surface area contributed by atoms with Gasteiger partial charge in [-0.3, -0.25) is 5.01 Å². The Kier molecular flexibility index (Phi) is 5.12. The van der Waals surface area contributed by atoms with Crippen molar-refractivity contribution < 1.29 is 0 Å². The molecule has 0 spiro atoms. The van der Waals surface area contributed by atoms with E-state index in [9.17, 15) is 0 Å². The fourth-order valence-electron chi connectivity index (χ4n) is 3.28. The number of rotatable bonds is 3. The van der Waals surface area contributed by atoms with Crippen LogP contribution in [0.2, 0.25) is 0 Å². The topological polar surface area (TPSA) is 18.8 Å². The van der Waals surface area contributed by atoms with E-state index in [1.807, 2.05) is 38.5 Å². The standard InChI is InChI=1S/C25H23N3/c1-27(2)24-15-12-20(13-16-24)11-14-21-7-3-4-9-23(21)19-26-28-18-17-22-8-5-6-10-25(22)28/h3-10,12-13,15-16,19H,17-18H2,1-2H3/b26-19+. The molecule has 0 N–H and O–H groups in total. The van der Waals surface area contributed by atoms with Crippen LogP contribution in [-0.2, 0) is 6.42 Å². The average Bonchev–Trinajstić information content (AvgIpc) is 3.15. The zero-order valence-corrected chi connectivity index (χ0v) is 16.3. The molecule has 0 atom stereocenters. The van der Waals surface area contributed by atoms with Gasteiger partial charge in [0.2, 0.25) is 0 Å². The third-order valence-corrected chi connectivity index (χ3v) is 4.88. The summed E-state index contributed by atoms with van der Waals surface area (Å²) in [5.74, 6) is 6.57. The molecule has 0 aliphatic carbocycles. The van der Waals surface area contributed by atoms with Gasteiger partial charge in [-0.25, -0.2) is 0 Å². The molecule has 0 unspecified atom stereocenters. The zero-order valence-electron chi connectivity index (χ0n) is 16.3. The Morgan fingerprint density at radius 3 is 2.46 bits per heavy atom. The molecule has 3 aromatic carbocycles. The molecule has 3 aromatic rings. The van der Waals surface area contributed by atoms with Crippen LogP contribution in [0.5, 0.6) is 0 Å². The summed E-state index contributed by atoms with van der Waals surface area (Å²) >= 11 is 0. The van der Waals surface area contributed by atoms with Crippen molar-refractivity contribution in [1.29, 1.82) is 0 Å². The molecule has 0 amide bonds. The van der Waals surface area contributed by atoms with Crippen LogP contribution in [0.4, 0.5) is 11.4 Å². The van der Waals surface area contributed by atoms with Crippen molar-refractivity contribution in [2.45, 2.75) is 6.42 Å². The number of hydrogen-bond donors (Lipinski definition) is 0. The molecule has 1 heterocycles. The van der Waals surface area contributed by atoms with E-state index in [0.717, 1.165) is 29.7 Å². The SMILES string of the molecule is CN(C)c1ccc(C#Cc2ccccc2/C=N/N2CCc3ccccc32)cc1. The van der Waals surface area contributed by atoms with Gasteiger partial charge in [0.15, 0.2) is 0 Å². The molecular weight excluding hydrogens is 342 g/mol. The molecule has 0 radical (unpaired) electrons. The van der Waals surface area contributed by atoms with Gasteiger partial charge in [0.1, 0.15) is 0 Å². The van der Waals surface area contributed by atoms with Crippen LogP contribution in [0, 0.1) is 11.8 Å². The van der Waals surface area contributed by atoms with Crippen LogP contribution in [0.25, 0.3) is 0 Å². The summed E-state index contributed by atoms with van der Waals surface area (Å²) < 4.78 is 0. The summed E-state index contributed by atoms with van der Waals surface area (Å²) in [6, 6.07) is 24.9. The molecule has 0 saturated carbocycles. The van der Waals surface area contributed by atoms with Crippen LogP contribution in [0.15, 0.2) is 77.9 Å². The van der Waals surface area contributed by atoms with E-state index in [4.69, 9.17) is 5.10 Å². The smallest absolute Gasteiger partial charge is 0.0626 e. The Hall–Kier alpha value is -3.51. The number of para-hydroxylation sites is 1. The maximum absolute atomic E-state index is 4.72. The molecule has 0 fully saturated rings. The van der Waals surface area contributed by atoms with Gasteiger partial charge in [-0.05, 0) is 48.4 Å². The fraction of sp³-hybridized carbons (Fsp3) is 0.160. The van der Waals surface area contributed by atoms with Crippen molar-refractivity contribution in [2.24, 2.45) is 5.10 Å². The van der Waals surface area contributed by atoms with Gasteiger partial charge in [0, 0.05) is 43.0 Å². The Morgan fingerprint density at radius 2 is 1.64 bits per heavy atom. The Morgan fingerprint density at radius 1 is 0.893 bits per heavy atom. The van der Waals surface area contributed by atoms with E-state index in [1.54, 1.807) is 0 Å². The lowest BCUT2D eigenvalue weighted by Crippen LogP contribution is -2.12. The van der Waals surface area contributed by atoms with Gasteiger partial charge < -0.3 is 4.90 Å². The number of hydrogen-bond acceptors (Lipinski definition) is 3. The Bertz CT molecular complexity index is 1050. The summed E-state index contributed by atoms with van der Waals surface area (Å²) in [5.41, 5.74) is 6.74. The van der Waals surface area contributed by atoms with Crippen molar-refractivity contribution in [3.05, 3.63) is 95.1 Å². The maximum atomic E-state index is 4.72. The third kappa shape index (κ3) is 3.92. The first-order valence-electron chi connectivity index (χ1n) is 9.48. The molecule has 138 valence electrons. The molecule has 4 rings (SSSR count). The van der Waals surface area contributed by atoms with Crippen LogP contribution in [0.1, 0.15) is 22.3 Å². The Balaban J connectivity index is 1.55. The largest absolute Gasteiger partial charge is 0.378 e. The molecule has 3 nitrogen and oxygen atoms in total. The summed E-state index contributed by atoms with van der Waals surface area (Å²) in [5, 5.41) is 6.79. The minimum Gasteiger partial charge on any atom is -0.378 e. The van der Waals surface area contributed by atoms with Crippen LogP contribution >= 0.6 is 0 Å². The van der Waals surface area contributed by atoms with Crippen LogP contribution in [-0.4, -0.2) is 26.9 Å². The molecule has 0 bridgehead atoms. The van der Waals surface area contributed by atoms with E-state index in [2.05, 4.69) is 76.3 Å². The lowest BCUT2D eigenvalue weighted by molar-refractivity contribution is 0.896. The van der Waals surface area contributed by atoms with Crippen molar-refractivity contribution >= 4 is 17.6 Å². The van der Waals surface area contributed by atoms with Gasteiger partial charge in [0.05, 0.1) is 11.9 Å². The summed E-state index contributed by atoms with van der Waals surface area (Å²) in [6.07, 6.45) is 2.96. The summed E-state index contributed by atoms with van der Waals surface area (Å²) in [4.78, 5) is 2.08. The number of hydrazone groups is 1. The average molecular weight is 365 g/mol. The van der Waals surface area contributed by atoms with E-state index in [0.29, 0.717) is 0 Å². The molecule has 28 heavy (non-hydrogen) atoms.